The SMILES string of the molecule is Cc1ccccc1-c1nc(C2CCN(S(=O)(=O)c3ccc(Cl)cc3C)CC2)no1. The van der Waals surface area contributed by atoms with Gasteiger partial charge in [0.1, 0.15) is 0 Å². The second-order valence-electron chi connectivity index (χ2n) is 7.36. The quantitative estimate of drug-likeness (QED) is 0.604. The zero-order chi connectivity index (χ0) is 20.6. The predicted molar refractivity (Wildman–Crippen MR) is 111 cm³/mol. The van der Waals surface area contributed by atoms with E-state index in [2.05, 4.69) is 10.1 Å². The Hall–Kier alpha value is -2.22. The third-order valence-electron chi connectivity index (χ3n) is 5.39. The van der Waals surface area contributed by atoms with Crippen LogP contribution in [0.25, 0.3) is 11.5 Å². The molecule has 1 aromatic heterocycles. The molecule has 2 aromatic carbocycles. The average molecular weight is 432 g/mol. The molecule has 0 amide bonds. The summed E-state index contributed by atoms with van der Waals surface area (Å²) in [5, 5.41) is 4.69. The Kier molecular flexibility index (Phi) is 5.46. The van der Waals surface area contributed by atoms with Gasteiger partial charge in [0.15, 0.2) is 5.82 Å². The van der Waals surface area contributed by atoms with E-state index in [9.17, 15) is 8.42 Å². The molecule has 4 rings (SSSR count). The van der Waals surface area contributed by atoms with Gasteiger partial charge in [0.05, 0.1) is 4.90 Å². The van der Waals surface area contributed by atoms with Crippen molar-refractivity contribution in [2.24, 2.45) is 0 Å². The summed E-state index contributed by atoms with van der Waals surface area (Å²) >= 11 is 5.96. The lowest BCUT2D eigenvalue weighted by Gasteiger charge is -2.30. The number of nitrogens with zero attached hydrogens (tertiary/aromatic N) is 3. The fraction of sp³-hybridized carbons (Fsp3) is 0.333. The summed E-state index contributed by atoms with van der Waals surface area (Å²) < 4.78 is 33.0. The van der Waals surface area contributed by atoms with Gasteiger partial charge in [-0.2, -0.15) is 9.29 Å². The molecule has 0 radical (unpaired) electrons. The molecule has 0 spiro atoms. The Morgan fingerprint density at radius 1 is 1.07 bits per heavy atom. The largest absolute Gasteiger partial charge is 0.334 e. The molecule has 0 unspecified atom stereocenters. The molecule has 0 bridgehead atoms. The van der Waals surface area contributed by atoms with Crippen LogP contribution >= 0.6 is 11.6 Å². The molecule has 0 aliphatic carbocycles. The lowest BCUT2D eigenvalue weighted by Crippen LogP contribution is -2.38. The van der Waals surface area contributed by atoms with Crippen LogP contribution < -0.4 is 0 Å². The standard InChI is InChI=1S/C21H22ClN3O3S/c1-14-5-3-4-6-18(14)21-23-20(24-28-21)16-9-11-25(12-10-16)29(26,27)19-8-7-17(22)13-15(19)2/h3-8,13,16H,9-12H2,1-2H3. The number of hydrogen-bond acceptors (Lipinski definition) is 5. The van der Waals surface area contributed by atoms with Crippen molar-refractivity contribution in [1.82, 2.24) is 14.4 Å². The molecular formula is C21H22ClN3O3S. The Balaban J connectivity index is 1.48. The summed E-state index contributed by atoms with van der Waals surface area (Å²) in [4.78, 5) is 4.88. The lowest BCUT2D eigenvalue weighted by atomic mass is 9.97. The van der Waals surface area contributed by atoms with Crippen LogP contribution in [0.15, 0.2) is 51.9 Å². The molecule has 8 heteroatoms. The van der Waals surface area contributed by atoms with Crippen LogP contribution in [0.5, 0.6) is 0 Å². The van der Waals surface area contributed by atoms with Gasteiger partial charge < -0.3 is 4.52 Å². The lowest BCUT2D eigenvalue weighted by molar-refractivity contribution is 0.307. The Morgan fingerprint density at radius 3 is 2.48 bits per heavy atom. The minimum Gasteiger partial charge on any atom is -0.334 e. The number of piperidine rings is 1. The van der Waals surface area contributed by atoms with Crippen molar-refractivity contribution >= 4 is 21.6 Å². The van der Waals surface area contributed by atoms with E-state index in [4.69, 9.17) is 16.1 Å². The van der Waals surface area contributed by atoms with Crippen LogP contribution in [0.1, 0.15) is 35.7 Å². The summed E-state index contributed by atoms with van der Waals surface area (Å²) in [5.74, 6) is 1.22. The first kappa shape index (κ1) is 20.1. The molecule has 0 saturated carbocycles. The van der Waals surface area contributed by atoms with Crippen molar-refractivity contribution in [2.45, 2.75) is 37.5 Å². The Bertz CT molecular complexity index is 1140. The van der Waals surface area contributed by atoms with Gasteiger partial charge in [0.2, 0.25) is 10.0 Å². The minimum absolute atomic E-state index is 0.0780. The Labute approximate surface area is 175 Å². The number of halogens is 1. The van der Waals surface area contributed by atoms with Gasteiger partial charge in [-0.25, -0.2) is 8.42 Å². The van der Waals surface area contributed by atoms with E-state index in [1.807, 2.05) is 31.2 Å². The van der Waals surface area contributed by atoms with Gasteiger partial charge in [-0.05, 0) is 62.1 Å². The predicted octanol–water partition coefficient (Wildman–Crippen LogP) is 4.58. The topological polar surface area (TPSA) is 76.3 Å². The highest BCUT2D eigenvalue weighted by atomic mass is 35.5. The summed E-state index contributed by atoms with van der Waals surface area (Å²) in [6, 6.07) is 12.7. The maximum Gasteiger partial charge on any atom is 0.258 e. The van der Waals surface area contributed by atoms with Crippen LogP contribution in [0.4, 0.5) is 0 Å². The van der Waals surface area contributed by atoms with Crippen LogP contribution in [-0.4, -0.2) is 36.0 Å². The van der Waals surface area contributed by atoms with Gasteiger partial charge >= 0.3 is 0 Å². The summed E-state index contributed by atoms with van der Waals surface area (Å²) in [7, 11) is -3.55. The van der Waals surface area contributed by atoms with E-state index in [-0.39, 0.29) is 5.92 Å². The third kappa shape index (κ3) is 3.95. The van der Waals surface area contributed by atoms with Crippen LogP contribution in [0, 0.1) is 13.8 Å². The van der Waals surface area contributed by atoms with E-state index in [1.165, 1.54) is 4.31 Å². The molecule has 2 heterocycles. The van der Waals surface area contributed by atoms with Crippen molar-refractivity contribution in [2.75, 3.05) is 13.1 Å². The maximum absolute atomic E-state index is 13.0. The number of hydrogen-bond donors (Lipinski definition) is 0. The number of rotatable bonds is 4. The van der Waals surface area contributed by atoms with Crippen LogP contribution in [-0.2, 0) is 10.0 Å². The molecular weight excluding hydrogens is 410 g/mol. The first-order chi connectivity index (χ1) is 13.9. The number of aryl methyl sites for hydroxylation is 2. The molecule has 1 saturated heterocycles. The van der Waals surface area contributed by atoms with Crippen molar-refractivity contribution in [3.63, 3.8) is 0 Å². The molecule has 0 atom stereocenters. The van der Waals surface area contributed by atoms with E-state index in [0.717, 1.165) is 11.1 Å². The first-order valence-electron chi connectivity index (χ1n) is 9.52. The van der Waals surface area contributed by atoms with Crippen molar-refractivity contribution in [3.05, 3.63) is 64.4 Å². The normalized spacial score (nSPS) is 16.2. The zero-order valence-electron chi connectivity index (χ0n) is 16.3. The second kappa shape index (κ2) is 7.89. The van der Waals surface area contributed by atoms with E-state index in [0.29, 0.717) is 53.1 Å². The molecule has 1 aliphatic rings. The molecule has 29 heavy (non-hydrogen) atoms. The van der Waals surface area contributed by atoms with Gasteiger partial charge in [-0.15, -0.1) is 0 Å². The number of sulfonamides is 1. The van der Waals surface area contributed by atoms with Gasteiger partial charge in [-0.3, -0.25) is 0 Å². The van der Waals surface area contributed by atoms with Crippen LogP contribution in [0.2, 0.25) is 5.02 Å². The highest BCUT2D eigenvalue weighted by Gasteiger charge is 2.32. The Morgan fingerprint density at radius 2 is 1.79 bits per heavy atom. The summed E-state index contributed by atoms with van der Waals surface area (Å²) in [6.45, 7) is 4.60. The highest BCUT2D eigenvalue weighted by Crippen LogP contribution is 2.32. The molecule has 0 N–H and O–H groups in total. The zero-order valence-corrected chi connectivity index (χ0v) is 17.9. The van der Waals surface area contributed by atoms with Gasteiger partial charge in [0, 0.05) is 29.6 Å². The smallest absolute Gasteiger partial charge is 0.258 e. The van der Waals surface area contributed by atoms with Crippen molar-refractivity contribution < 1.29 is 12.9 Å². The molecule has 152 valence electrons. The average Bonchev–Trinajstić information content (AvgIpc) is 3.18. The monoisotopic (exact) mass is 431 g/mol. The summed E-state index contributed by atoms with van der Waals surface area (Å²) in [6.07, 6.45) is 1.30. The summed E-state index contributed by atoms with van der Waals surface area (Å²) in [5.41, 5.74) is 2.65. The molecule has 1 aliphatic heterocycles. The van der Waals surface area contributed by atoms with Gasteiger partial charge in [-0.1, -0.05) is 35.0 Å². The van der Waals surface area contributed by atoms with Crippen LogP contribution in [0.3, 0.4) is 0 Å². The van der Waals surface area contributed by atoms with Gasteiger partial charge in [0.25, 0.3) is 5.89 Å². The number of benzene rings is 2. The first-order valence-corrected chi connectivity index (χ1v) is 11.3. The second-order valence-corrected chi connectivity index (χ2v) is 9.70. The molecule has 6 nitrogen and oxygen atoms in total. The minimum atomic E-state index is -3.55. The van der Waals surface area contributed by atoms with Crippen molar-refractivity contribution in [1.29, 1.82) is 0 Å². The maximum atomic E-state index is 13.0. The van der Waals surface area contributed by atoms with Crippen molar-refractivity contribution in [3.8, 4) is 11.5 Å². The fourth-order valence-electron chi connectivity index (χ4n) is 3.72. The van der Waals surface area contributed by atoms with E-state index >= 15 is 0 Å². The highest BCUT2D eigenvalue weighted by molar-refractivity contribution is 7.89. The van der Waals surface area contributed by atoms with E-state index < -0.39 is 10.0 Å². The molecule has 1 fully saturated rings. The number of aromatic nitrogens is 2. The third-order valence-corrected chi connectivity index (χ3v) is 7.69. The van der Waals surface area contributed by atoms with E-state index in [1.54, 1.807) is 25.1 Å². The molecule has 3 aromatic rings. The fourth-order valence-corrected chi connectivity index (χ4v) is 5.62.